The van der Waals surface area contributed by atoms with E-state index >= 15 is 0 Å². The molecule has 0 nitrogen and oxygen atoms in total. The molecule has 1 fully saturated rings. The summed E-state index contributed by atoms with van der Waals surface area (Å²) in [6.45, 7) is 2.09. The van der Waals surface area contributed by atoms with Gasteiger partial charge in [-0.1, -0.05) is 54.1 Å². The molecular formula is C21H22F2. The van der Waals surface area contributed by atoms with Crippen molar-refractivity contribution in [2.75, 3.05) is 0 Å². The van der Waals surface area contributed by atoms with Crippen molar-refractivity contribution in [1.82, 2.24) is 0 Å². The molecule has 2 aromatic carbocycles. The van der Waals surface area contributed by atoms with Crippen LogP contribution in [0.2, 0.25) is 0 Å². The number of aryl methyl sites for hydroxylation is 1. The maximum atomic E-state index is 12.3. The maximum absolute atomic E-state index is 12.3. The molecule has 1 aliphatic rings. The monoisotopic (exact) mass is 312 g/mol. The summed E-state index contributed by atoms with van der Waals surface area (Å²) in [7, 11) is 0. The summed E-state index contributed by atoms with van der Waals surface area (Å²) in [4.78, 5) is 0. The Morgan fingerprint density at radius 1 is 0.826 bits per heavy atom. The first-order chi connectivity index (χ1) is 11.1. The summed E-state index contributed by atoms with van der Waals surface area (Å²) in [5, 5.41) is 0. The number of halogens is 2. The van der Waals surface area contributed by atoms with Crippen LogP contribution in [-0.4, -0.2) is 0 Å². The van der Waals surface area contributed by atoms with E-state index in [0.717, 1.165) is 31.8 Å². The molecule has 23 heavy (non-hydrogen) atoms. The zero-order chi connectivity index (χ0) is 16.2. The molecule has 0 aromatic heterocycles. The lowest BCUT2D eigenvalue weighted by Crippen LogP contribution is -2.11. The highest BCUT2D eigenvalue weighted by molar-refractivity contribution is 5.64. The van der Waals surface area contributed by atoms with E-state index in [0.29, 0.717) is 5.92 Å². The molecule has 3 rings (SSSR count). The van der Waals surface area contributed by atoms with Crippen LogP contribution in [0.3, 0.4) is 0 Å². The molecule has 0 unspecified atom stereocenters. The molecule has 2 heteroatoms. The standard InChI is InChI=1S/C21H22F2/c1-15-2-6-17(7-3-15)19-10-12-20(13-11-19)18-8-4-16(5-9-18)14-21(22)23/h2-3,6-7,10-14,16,18H,4-5,8-9H2,1H3. The van der Waals surface area contributed by atoms with Crippen molar-refractivity contribution in [1.29, 1.82) is 0 Å². The average molecular weight is 312 g/mol. The highest BCUT2D eigenvalue weighted by Crippen LogP contribution is 2.37. The van der Waals surface area contributed by atoms with Gasteiger partial charge >= 0.3 is 0 Å². The van der Waals surface area contributed by atoms with Crippen LogP contribution < -0.4 is 0 Å². The van der Waals surface area contributed by atoms with Gasteiger partial charge in [-0.2, -0.15) is 8.78 Å². The van der Waals surface area contributed by atoms with Gasteiger partial charge in [-0.15, -0.1) is 0 Å². The molecule has 0 amide bonds. The van der Waals surface area contributed by atoms with Gasteiger partial charge in [0.25, 0.3) is 6.08 Å². The largest absolute Gasteiger partial charge is 0.266 e. The number of benzene rings is 2. The Morgan fingerprint density at radius 3 is 1.87 bits per heavy atom. The molecule has 1 saturated carbocycles. The van der Waals surface area contributed by atoms with E-state index in [2.05, 4.69) is 55.5 Å². The molecule has 1 aliphatic carbocycles. The third-order valence-corrected chi connectivity index (χ3v) is 4.90. The van der Waals surface area contributed by atoms with E-state index in [9.17, 15) is 8.78 Å². The number of allylic oxidation sites excluding steroid dienone is 1. The minimum atomic E-state index is -1.53. The molecule has 0 radical (unpaired) electrons. The minimum Gasteiger partial charge on any atom is -0.174 e. The molecular weight excluding hydrogens is 290 g/mol. The van der Waals surface area contributed by atoms with Gasteiger partial charge in [0.2, 0.25) is 0 Å². The van der Waals surface area contributed by atoms with Crippen LogP contribution in [0.15, 0.2) is 60.7 Å². The van der Waals surface area contributed by atoms with Crippen LogP contribution in [0.5, 0.6) is 0 Å². The fraction of sp³-hybridized carbons (Fsp3) is 0.333. The lowest BCUT2D eigenvalue weighted by Gasteiger charge is -2.27. The van der Waals surface area contributed by atoms with E-state index in [1.807, 2.05) is 0 Å². The molecule has 0 saturated heterocycles. The first kappa shape index (κ1) is 15.9. The Kier molecular flexibility index (Phi) is 4.90. The molecule has 0 bridgehead atoms. The second-order valence-corrected chi connectivity index (χ2v) is 6.56. The van der Waals surface area contributed by atoms with Gasteiger partial charge in [-0.3, -0.25) is 0 Å². The summed E-state index contributed by atoms with van der Waals surface area (Å²) >= 11 is 0. The van der Waals surface area contributed by atoms with Gasteiger partial charge in [0.15, 0.2) is 0 Å². The van der Waals surface area contributed by atoms with Crippen molar-refractivity contribution in [3.8, 4) is 11.1 Å². The number of hydrogen-bond donors (Lipinski definition) is 0. The third kappa shape index (κ3) is 4.07. The van der Waals surface area contributed by atoms with Crippen molar-refractivity contribution < 1.29 is 8.78 Å². The van der Waals surface area contributed by atoms with Crippen LogP contribution in [0.1, 0.15) is 42.7 Å². The average Bonchev–Trinajstić information content (AvgIpc) is 2.56. The Bertz CT molecular complexity index is 656. The Balaban J connectivity index is 1.66. The van der Waals surface area contributed by atoms with Crippen LogP contribution in [0.25, 0.3) is 11.1 Å². The zero-order valence-corrected chi connectivity index (χ0v) is 13.4. The van der Waals surface area contributed by atoms with Crippen molar-refractivity contribution in [3.05, 3.63) is 71.8 Å². The summed E-state index contributed by atoms with van der Waals surface area (Å²) in [6.07, 6.45) is 3.33. The first-order valence-corrected chi connectivity index (χ1v) is 8.31. The van der Waals surface area contributed by atoms with Crippen LogP contribution in [0.4, 0.5) is 8.78 Å². The van der Waals surface area contributed by atoms with E-state index in [-0.39, 0.29) is 5.92 Å². The number of hydrogen-bond acceptors (Lipinski definition) is 0. The summed E-state index contributed by atoms with van der Waals surface area (Å²) in [5.41, 5.74) is 5.06. The van der Waals surface area contributed by atoms with Crippen LogP contribution in [-0.2, 0) is 0 Å². The Hall–Kier alpha value is -1.96. The quantitative estimate of drug-likeness (QED) is 0.590. The van der Waals surface area contributed by atoms with Crippen LogP contribution >= 0.6 is 0 Å². The second-order valence-electron chi connectivity index (χ2n) is 6.56. The van der Waals surface area contributed by atoms with Crippen molar-refractivity contribution in [3.63, 3.8) is 0 Å². The normalized spacial score (nSPS) is 21.0. The fourth-order valence-corrected chi connectivity index (χ4v) is 3.49. The van der Waals surface area contributed by atoms with E-state index in [4.69, 9.17) is 0 Å². The van der Waals surface area contributed by atoms with Gasteiger partial charge in [0.05, 0.1) is 0 Å². The zero-order valence-electron chi connectivity index (χ0n) is 13.4. The third-order valence-electron chi connectivity index (χ3n) is 4.90. The van der Waals surface area contributed by atoms with Gasteiger partial charge in [0, 0.05) is 0 Å². The van der Waals surface area contributed by atoms with Crippen LogP contribution in [0, 0.1) is 12.8 Å². The molecule has 2 aromatic rings. The number of rotatable bonds is 3. The van der Waals surface area contributed by atoms with Gasteiger partial charge in [-0.05, 0) is 67.2 Å². The molecule has 120 valence electrons. The summed E-state index contributed by atoms with van der Waals surface area (Å²) < 4.78 is 24.7. The van der Waals surface area contributed by atoms with Gasteiger partial charge in [0.1, 0.15) is 0 Å². The summed E-state index contributed by atoms with van der Waals surface area (Å²) in [5.74, 6) is 0.567. The topological polar surface area (TPSA) is 0 Å². The SMILES string of the molecule is Cc1ccc(-c2ccc(C3CCC(C=C(F)F)CC3)cc2)cc1. The van der Waals surface area contributed by atoms with Gasteiger partial charge < -0.3 is 0 Å². The Morgan fingerprint density at radius 2 is 1.35 bits per heavy atom. The molecule has 0 atom stereocenters. The first-order valence-electron chi connectivity index (χ1n) is 8.31. The fourth-order valence-electron chi connectivity index (χ4n) is 3.49. The molecule has 0 spiro atoms. The highest BCUT2D eigenvalue weighted by Gasteiger charge is 2.21. The Labute approximate surface area is 136 Å². The molecule has 0 N–H and O–H groups in total. The second kappa shape index (κ2) is 7.08. The van der Waals surface area contributed by atoms with E-state index in [1.165, 1.54) is 22.3 Å². The summed E-state index contributed by atoms with van der Waals surface area (Å²) in [6, 6.07) is 17.3. The molecule has 0 heterocycles. The van der Waals surface area contributed by atoms with E-state index < -0.39 is 6.08 Å². The maximum Gasteiger partial charge on any atom is 0.266 e. The molecule has 0 aliphatic heterocycles. The predicted octanol–water partition coefficient (Wildman–Crippen LogP) is 6.72. The van der Waals surface area contributed by atoms with Gasteiger partial charge in [-0.25, -0.2) is 0 Å². The highest BCUT2D eigenvalue weighted by atomic mass is 19.3. The van der Waals surface area contributed by atoms with Crippen molar-refractivity contribution in [2.24, 2.45) is 5.92 Å². The lowest BCUT2D eigenvalue weighted by atomic mass is 9.78. The predicted molar refractivity (Wildman–Crippen MR) is 91.6 cm³/mol. The van der Waals surface area contributed by atoms with Crippen molar-refractivity contribution in [2.45, 2.75) is 38.5 Å². The minimum absolute atomic E-state index is 0.0584. The van der Waals surface area contributed by atoms with Crippen molar-refractivity contribution >= 4 is 0 Å². The smallest absolute Gasteiger partial charge is 0.174 e. The van der Waals surface area contributed by atoms with E-state index in [1.54, 1.807) is 0 Å². The lowest BCUT2D eigenvalue weighted by molar-refractivity contribution is 0.351.